The number of carbonyl (C=O) groups is 1. The maximum absolute atomic E-state index is 12.4. The molecule has 0 saturated carbocycles. The zero-order valence-electron chi connectivity index (χ0n) is 11.2. The molecule has 0 bridgehead atoms. The average Bonchev–Trinajstić information content (AvgIpc) is 2.40. The average molecular weight is 251 g/mol. The van der Waals surface area contributed by atoms with Crippen molar-refractivity contribution in [1.82, 2.24) is 0 Å². The predicted molar refractivity (Wildman–Crippen MR) is 79.5 cm³/mol. The number of rotatable bonds is 3. The summed E-state index contributed by atoms with van der Waals surface area (Å²) in [4.78, 5) is 14.1. The molecule has 0 heterocycles. The molecule has 0 unspecified atom stereocenters. The van der Waals surface area contributed by atoms with Crippen LogP contribution in [0.1, 0.15) is 13.8 Å². The van der Waals surface area contributed by atoms with E-state index < -0.39 is 0 Å². The number of benzene rings is 2. The van der Waals surface area contributed by atoms with Gasteiger partial charge in [-0.1, -0.05) is 42.0 Å². The Morgan fingerprint density at radius 1 is 0.842 bits per heavy atom. The van der Waals surface area contributed by atoms with Crippen LogP contribution in [0, 0.1) is 0 Å². The Morgan fingerprint density at radius 3 is 1.63 bits per heavy atom. The zero-order valence-corrected chi connectivity index (χ0v) is 11.2. The molecule has 96 valence electrons. The van der Waals surface area contributed by atoms with Crippen molar-refractivity contribution < 1.29 is 4.79 Å². The third kappa shape index (κ3) is 3.32. The van der Waals surface area contributed by atoms with Crippen molar-refractivity contribution >= 4 is 17.3 Å². The van der Waals surface area contributed by atoms with E-state index in [-0.39, 0.29) is 5.91 Å². The summed E-state index contributed by atoms with van der Waals surface area (Å²) in [5.41, 5.74) is 2.73. The Labute approximate surface area is 114 Å². The molecule has 0 saturated heterocycles. The summed E-state index contributed by atoms with van der Waals surface area (Å²) in [5, 5.41) is 0. The maximum Gasteiger partial charge on any atom is 0.255 e. The first kappa shape index (κ1) is 13.1. The fourth-order valence-corrected chi connectivity index (χ4v) is 1.87. The van der Waals surface area contributed by atoms with Crippen molar-refractivity contribution in [2.24, 2.45) is 0 Å². The molecular formula is C17H17NO. The van der Waals surface area contributed by atoms with Crippen LogP contribution < -0.4 is 4.90 Å². The van der Waals surface area contributed by atoms with Gasteiger partial charge in [0, 0.05) is 17.5 Å². The molecular weight excluding hydrogens is 234 g/mol. The smallest absolute Gasteiger partial charge is 0.255 e. The van der Waals surface area contributed by atoms with Crippen LogP contribution >= 0.6 is 0 Å². The lowest BCUT2D eigenvalue weighted by molar-refractivity contribution is -0.113. The minimum atomic E-state index is -0.0302. The van der Waals surface area contributed by atoms with Gasteiger partial charge in [0.25, 0.3) is 5.91 Å². The number of para-hydroxylation sites is 2. The fourth-order valence-electron chi connectivity index (χ4n) is 1.87. The SMILES string of the molecule is CC(C)=CC(=O)N(c1ccccc1)c1ccccc1. The van der Waals surface area contributed by atoms with Crippen molar-refractivity contribution in [3.05, 3.63) is 72.3 Å². The van der Waals surface area contributed by atoms with E-state index in [2.05, 4.69) is 0 Å². The lowest BCUT2D eigenvalue weighted by atomic mass is 10.2. The second kappa shape index (κ2) is 6.01. The lowest BCUT2D eigenvalue weighted by Crippen LogP contribution is -2.23. The van der Waals surface area contributed by atoms with Gasteiger partial charge in [-0.15, -0.1) is 0 Å². The summed E-state index contributed by atoms with van der Waals surface area (Å²) in [6, 6.07) is 19.3. The van der Waals surface area contributed by atoms with Crippen molar-refractivity contribution in [2.75, 3.05) is 4.90 Å². The highest BCUT2D eigenvalue weighted by atomic mass is 16.2. The van der Waals surface area contributed by atoms with Gasteiger partial charge < -0.3 is 0 Å². The van der Waals surface area contributed by atoms with Crippen molar-refractivity contribution in [1.29, 1.82) is 0 Å². The monoisotopic (exact) mass is 251 g/mol. The van der Waals surface area contributed by atoms with Gasteiger partial charge in [0.15, 0.2) is 0 Å². The molecule has 2 heteroatoms. The van der Waals surface area contributed by atoms with Gasteiger partial charge in [-0.3, -0.25) is 9.69 Å². The largest absolute Gasteiger partial charge is 0.278 e. The molecule has 2 aromatic rings. The lowest BCUT2D eigenvalue weighted by Gasteiger charge is -2.21. The minimum absolute atomic E-state index is 0.0302. The van der Waals surface area contributed by atoms with Crippen LogP contribution in [-0.4, -0.2) is 5.91 Å². The van der Waals surface area contributed by atoms with Gasteiger partial charge in [-0.2, -0.15) is 0 Å². The normalized spacial score (nSPS) is 9.79. The van der Waals surface area contributed by atoms with Crippen LogP contribution in [0.15, 0.2) is 72.3 Å². The third-order valence-electron chi connectivity index (χ3n) is 2.66. The quantitative estimate of drug-likeness (QED) is 0.744. The van der Waals surface area contributed by atoms with Crippen molar-refractivity contribution in [3.63, 3.8) is 0 Å². The van der Waals surface area contributed by atoms with E-state index in [4.69, 9.17) is 0 Å². The number of amides is 1. The Bertz CT molecular complexity index is 529. The van der Waals surface area contributed by atoms with E-state index in [0.717, 1.165) is 16.9 Å². The molecule has 2 rings (SSSR count). The van der Waals surface area contributed by atoms with Gasteiger partial charge in [0.2, 0.25) is 0 Å². The van der Waals surface area contributed by atoms with E-state index in [1.54, 1.807) is 11.0 Å². The van der Waals surface area contributed by atoms with Crippen LogP contribution in [0.3, 0.4) is 0 Å². The molecule has 0 aliphatic rings. The van der Waals surface area contributed by atoms with E-state index in [1.807, 2.05) is 74.5 Å². The van der Waals surface area contributed by atoms with Crippen molar-refractivity contribution in [3.8, 4) is 0 Å². The highest BCUT2D eigenvalue weighted by molar-refractivity contribution is 6.07. The molecule has 2 nitrogen and oxygen atoms in total. The predicted octanol–water partition coefficient (Wildman–Crippen LogP) is 4.32. The Hall–Kier alpha value is -2.35. The molecule has 0 aliphatic heterocycles. The van der Waals surface area contributed by atoms with Gasteiger partial charge >= 0.3 is 0 Å². The zero-order chi connectivity index (χ0) is 13.7. The molecule has 0 radical (unpaired) electrons. The summed E-state index contributed by atoms with van der Waals surface area (Å²) in [6.45, 7) is 3.85. The van der Waals surface area contributed by atoms with Gasteiger partial charge in [0.1, 0.15) is 0 Å². The Morgan fingerprint density at radius 2 is 1.26 bits per heavy atom. The Kier molecular flexibility index (Phi) is 4.14. The number of hydrogen-bond acceptors (Lipinski definition) is 1. The summed E-state index contributed by atoms with van der Waals surface area (Å²) >= 11 is 0. The van der Waals surface area contributed by atoms with E-state index in [1.165, 1.54) is 0 Å². The molecule has 0 fully saturated rings. The summed E-state index contributed by atoms with van der Waals surface area (Å²) in [7, 11) is 0. The number of allylic oxidation sites excluding steroid dienone is 1. The molecule has 19 heavy (non-hydrogen) atoms. The van der Waals surface area contributed by atoms with Crippen LogP contribution in [-0.2, 0) is 4.79 Å². The standard InChI is InChI=1S/C17H17NO/c1-14(2)13-17(19)18(15-9-5-3-6-10-15)16-11-7-4-8-12-16/h3-13H,1-2H3. The number of carbonyl (C=O) groups excluding carboxylic acids is 1. The van der Waals surface area contributed by atoms with E-state index >= 15 is 0 Å². The third-order valence-corrected chi connectivity index (χ3v) is 2.66. The van der Waals surface area contributed by atoms with Gasteiger partial charge in [-0.25, -0.2) is 0 Å². The summed E-state index contributed by atoms with van der Waals surface area (Å²) in [5.74, 6) is -0.0302. The first-order valence-electron chi connectivity index (χ1n) is 6.27. The highest BCUT2D eigenvalue weighted by Gasteiger charge is 2.15. The summed E-state index contributed by atoms with van der Waals surface area (Å²) in [6.07, 6.45) is 1.65. The Balaban J connectivity index is 2.46. The summed E-state index contributed by atoms with van der Waals surface area (Å²) < 4.78 is 0. The maximum atomic E-state index is 12.4. The van der Waals surface area contributed by atoms with Crippen LogP contribution in [0.5, 0.6) is 0 Å². The number of nitrogens with zero attached hydrogens (tertiary/aromatic N) is 1. The second-order valence-corrected chi connectivity index (χ2v) is 4.57. The number of anilines is 2. The van der Waals surface area contributed by atoms with Crippen LogP contribution in [0.2, 0.25) is 0 Å². The first-order valence-corrected chi connectivity index (χ1v) is 6.27. The molecule has 2 aromatic carbocycles. The first-order chi connectivity index (χ1) is 9.18. The topological polar surface area (TPSA) is 20.3 Å². The molecule has 0 atom stereocenters. The highest BCUT2D eigenvalue weighted by Crippen LogP contribution is 2.25. The molecule has 0 N–H and O–H groups in total. The second-order valence-electron chi connectivity index (χ2n) is 4.57. The van der Waals surface area contributed by atoms with E-state index in [0.29, 0.717) is 0 Å². The fraction of sp³-hybridized carbons (Fsp3) is 0.118. The van der Waals surface area contributed by atoms with E-state index in [9.17, 15) is 4.79 Å². The van der Waals surface area contributed by atoms with Crippen LogP contribution in [0.4, 0.5) is 11.4 Å². The molecule has 0 spiro atoms. The van der Waals surface area contributed by atoms with Crippen molar-refractivity contribution in [2.45, 2.75) is 13.8 Å². The van der Waals surface area contributed by atoms with Gasteiger partial charge in [0.05, 0.1) is 0 Å². The van der Waals surface area contributed by atoms with Crippen LogP contribution in [0.25, 0.3) is 0 Å². The van der Waals surface area contributed by atoms with Gasteiger partial charge in [-0.05, 0) is 38.1 Å². The molecule has 0 aromatic heterocycles. The molecule has 1 amide bonds. The number of hydrogen-bond donors (Lipinski definition) is 0. The molecule has 0 aliphatic carbocycles. The minimum Gasteiger partial charge on any atom is -0.278 e.